The van der Waals surface area contributed by atoms with Gasteiger partial charge in [-0.2, -0.15) is 0 Å². The van der Waals surface area contributed by atoms with Crippen LogP contribution in [0, 0.1) is 10.1 Å². The van der Waals surface area contributed by atoms with E-state index in [1.807, 2.05) is 4.90 Å². The van der Waals surface area contributed by atoms with Crippen LogP contribution in [-0.4, -0.2) is 54.5 Å². The number of nitrogens with one attached hydrogen (secondary N) is 1. The second-order valence-corrected chi connectivity index (χ2v) is 5.91. The minimum absolute atomic E-state index is 0.0977. The van der Waals surface area contributed by atoms with Gasteiger partial charge in [-0.1, -0.05) is 6.42 Å². The van der Waals surface area contributed by atoms with Crippen LogP contribution in [0.1, 0.15) is 26.2 Å². The number of amides is 1. The summed E-state index contributed by atoms with van der Waals surface area (Å²) < 4.78 is 9.92. The van der Waals surface area contributed by atoms with Gasteiger partial charge in [0.05, 0.1) is 24.1 Å². The monoisotopic (exact) mass is 365 g/mol. The van der Waals surface area contributed by atoms with Crippen molar-refractivity contribution in [1.29, 1.82) is 0 Å². The molecule has 1 fully saturated rings. The van der Waals surface area contributed by atoms with Gasteiger partial charge in [-0.3, -0.25) is 19.8 Å². The summed E-state index contributed by atoms with van der Waals surface area (Å²) in [5.41, 5.74) is -0.196. The molecule has 0 atom stereocenters. The Bertz CT molecular complexity index is 658. The van der Waals surface area contributed by atoms with Gasteiger partial charge in [0.1, 0.15) is 11.4 Å². The van der Waals surface area contributed by atoms with Crippen LogP contribution in [0.2, 0.25) is 0 Å². The Balaban J connectivity index is 1.99. The molecule has 1 aliphatic rings. The second kappa shape index (κ2) is 9.71. The van der Waals surface area contributed by atoms with E-state index in [1.165, 1.54) is 18.2 Å². The van der Waals surface area contributed by atoms with E-state index in [0.717, 1.165) is 32.4 Å². The third-order valence-corrected chi connectivity index (χ3v) is 3.92. The molecular weight excluding hydrogens is 342 g/mol. The molecule has 0 bridgehead atoms. The van der Waals surface area contributed by atoms with Crippen molar-refractivity contribution in [3.8, 4) is 5.75 Å². The molecule has 0 aliphatic carbocycles. The number of esters is 1. The number of likely N-dealkylation sites (tertiary alicyclic amines) is 1. The second-order valence-electron chi connectivity index (χ2n) is 5.91. The van der Waals surface area contributed by atoms with E-state index in [-0.39, 0.29) is 42.8 Å². The summed E-state index contributed by atoms with van der Waals surface area (Å²) in [5, 5.41) is 13.9. The Hall–Kier alpha value is -2.68. The summed E-state index contributed by atoms with van der Waals surface area (Å²) >= 11 is 0. The average molecular weight is 365 g/mol. The van der Waals surface area contributed by atoms with E-state index in [9.17, 15) is 19.7 Å². The number of carbonyl (C=O) groups excluding carboxylic acids is 2. The molecule has 9 heteroatoms. The lowest BCUT2D eigenvalue weighted by Gasteiger charge is -2.25. The number of nitro benzene ring substituents is 1. The molecule has 0 unspecified atom stereocenters. The van der Waals surface area contributed by atoms with Crippen LogP contribution in [0.4, 0.5) is 11.4 Å². The first-order valence-corrected chi connectivity index (χ1v) is 8.58. The van der Waals surface area contributed by atoms with Gasteiger partial charge in [-0.15, -0.1) is 0 Å². The van der Waals surface area contributed by atoms with Gasteiger partial charge in [-0.25, -0.2) is 4.79 Å². The normalized spacial score (nSPS) is 14.5. The van der Waals surface area contributed by atoms with Gasteiger partial charge in [0.25, 0.3) is 5.69 Å². The van der Waals surface area contributed by atoms with Crippen molar-refractivity contribution in [2.45, 2.75) is 26.2 Å². The van der Waals surface area contributed by atoms with Crippen LogP contribution >= 0.6 is 0 Å². The number of carbonyl (C=O) groups is 2. The lowest BCUT2D eigenvalue weighted by atomic mass is 10.1. The lowest BCUT2D eigenvalue weighted by Crippen LogP contribution is -2.36. The molecule has 1 heterocycles. The molecule has 0 spiro atoms. The van der Waals surface area contributed by atoms with Crippen LogP contribution < -0.4 is 10.1 Å². The predicted molar refractivity (Wildman–Crippen MR) is 94.1 cm³/mol. The fraction of sp³-hybridized carbons (Fsp3) is 0.529. The minimum atomic E-state index is -0.603. The van der Waals surface area contributed by atoms with Crippen LogP contribution in [0.5, 0.6) is 5.75 Å². The van der Waals surface area contributed by atoms with E-state index in [0.29, 0.717) is 0 Å². The van der Waals surface area contributed by atoms with E-state index in [4.69, 9.17) is 9.47 Å². The highest BCUT2D eigenvalue weighted by molar-refractivity contribution is 5.94. The first-order valence-electron chi connectivity index (χ1n) is 8.58. The largest absolute Gasteiger partial charge is 0.482 e. The standard InChI is InChI=1S/C17H23N3O6/c1-2-25-17(22)12-26-13-6-7-14(15(10-13)20(23)24)18-16(21)11-19-8-4-3-5-9-19/h6-7,10H,2-5,8-9,11-12H2,1H3,(H,18,21). The maximum atomic E-state index is 12.2. The Labute approximate surface area is 151 Å². The Morgan fingerprint density at radius 2 is 2.00 bits per heavy atom. The van der Waals surface area contributed by atoms with E-state index in [1.54, 1.807) is 6.92 Å². The summed E-state index contributed by atoms with van der Waals surface area (Å²) in [6.45, 7) is 3.48. The van der Waals surface area contributed by atoms with E-state index < -0.39 is 10.9 Å². The fourth-order valence-corrected chi connectivity index (χ4v) is 2.71. The van der Waals surface area contributed by atoms with Crippen LogP contribution in [0.3, 0.4) is 0 Å². The number of nitro groups is 1. The summed E-state index contributed by atoms with van der Waals surface area (Å²) in [6.07, 6.45) is 3.27. The van der Waals surface area contributed by atoms with E-state index >= 15 is 0 Å². The number of nitrogens with zero attached hydrogens (tertiary/aromatic N) is 2. The summed E-state index contributed by atoms with van der Waals surface area (Å²) in [7, 11) is 0. The Morgan fingerprint density at radius 3 is 2.65 bits per heavy atom. The molecule has 2 rings (SSSR count). The van der Waals surface area contributed by atoms with Crippen LogP contribution in [0.25, 0.3) is 0 Å². The van der Waals surface area contributed by atoms with Crippen LogP contribution in [0.15, 0.2) is 18.2 Å². The highest BCUT2D eigenvalue weighted by Crippen LogP contribution is 2.29. The molecule has 0 saturated carbocycles. The number of benzene rings is 1. The number of anilines is 1. The number of hydrogen-bond acceptors (Lipinski definition) is 7. The number of ether oxygens (including phenoxy) is 2. The van der Waals surface area contributed by atoms with Crippen molar-refractivity contribution in [2.75, 3.05) is 38.2 Å². The number of rotatable bonds is 8. The van der Waals surface area contributed by atoms with Crippen molar-refractivity contribution in [3.63, 3.8) is 0 Å². The lowest BCUT2D eigenvalue weighted by molar-refractivity contribution is -0.384. The highest BCUT2D eigenvalue weighted by atomic mass is 16.6. The third-order valence-electron chi connectivity index (χ3n) is 3.92. The van der Waals surface area contributed by atoms with Gasteiger partial charge in [-0.05, 0) is 45.0 Å². The summed E-state index contributed by atoms with van der Waals surface area (Å²) in [5.74, 6) is -0.706. The van der Waals surface area contributed by atoms with Crippen molar-refractivity contribution in [3.05, 3.63) is 28.3 Å². The molecule has 1 N–H and O–H groups in total. The molecule has 142 valence electrons. The zero-order valence-corrected chi connectivity index (χ0v) is 14.7. The molecule has 1 aliphatic heterocycles. The van der Waals surface area contributed by atoms with E-state index in [2.05, 4.69) is 5.32 Å². The Morgan fingerprint density at radius 1 is 1.27 bits per heavy atom. The first kappa shape index (κ1) is 19.6. The number of hydrogen-bond donors (Lipinski definition) is 1. The SMILES string of the molecule is CCOC(=O)COc1ccc(NC(=O)CN2CCCCC2)c([N+](=O)[O-])c1. The van der Waals surface area contributed by atoms with Crippen LogP contribution in [-0.2, 0) is 14.3 Å². The summed E-state index contributed by atoms with van der Waals surface area (Å²) in [6, 6.07) is 4.03. The maximum absolute atomic E-state index is 12.2. The van der Waals surface area contributed by atoms with Gasteiger partial charge < -0.3 is 14.8 Å². The smallest absolute Gasteiger partial charge is 0.344 e. The van der Waals surface area contributed by atoms with Gasteiger partial charge in [0.2, 0.25) is 5.91 Å². The molecule has 0 aromatic heterocycles. The quantitative estimate of drug-likeness (QED) is 0.426. The zero-order valence-electron chi connectivity index (χ0n) is 14.7. The third kappa shape index (κ3) is 5.99. The van der Waals surface area contributed by atoms with Crippen molar-refractivity contribution >= 4 is 23.3 Å². The fourth-order valence-electron chi connectivity index (χ4n) is 2.71. The molecular formula is C17H23N3O6. The first-order chi connectivity index (χ1) is 12.5. The Kier molecular flexibility index (Phi) is 7.34. The van der Waals surface area contributed by atoms with Crippen molar-refractivity contribution in [1.82, 2.24) is 4.90 Å². The molecule has 26 heavy (non-hydrogen) atoms. The molecule has 9 nitrogen and oxygen atoms in total. The molecule has 1 aromatic rings. The van der Waals surface area contributed by atoms with Gasteiger partial charge in [0.15, 0.2) is 6.61 Å². The van der Waals surface area contributed by atoms with Crippen molar-refractivity contribution in [2.24, 2.45) is 0 Å². The highest BCUT2D eigenvalue weighted by Gasteiger charge is 2.20. The number of piperidine rings is 1. The zero-order chi connectivity index (χ0) is 18.9. The van der Waals surface area contributed by atoms with Gasteiger partial charge >= 0.3 is 5.97 Å². The van der Waals surface area contributed by atoms with Crippen molar-refractivity contribution < 1.29 is 24.0 Å². The predicted octanol–water partition coefficient (Wildman–Crippen LogP) is 1.96. The molecule has 1 aromatic carbocycles. The minimum Gasteiger partial charge on any atom is -0.482 e. The molecule has 0 radical (unpaired) electrons. The maximum Gasteiger partial charge on any atom is 0.344 e. The molecule has 1 amide bonds. The molecule has 1 saturated heterocycles. The van der Waals surface area contributed by atoms with Gasteiger partial charge in [0, 0.05) is 0 Å². The topological polar surface area (TPSA) is 111 Å². The summed E-state index contributed by atoms with van der Waals surface area (Å²) in [4.78, 5) is 36.2. The average Bonchev–Trinajstić information content (AvgIpc) is 2.61.